The molecule has 0 spiro atoms. The van der Waals surface area contributed by atoms with Gasteiger partial charge in [-0.05, 0) is 60.5 Å². The van der Waals surface area contributed by atoms with E-state index in [0.29, 0.717) is 0 Å². The van der Waals surface area contributed by atoms with Crippen molar-refractivity contribution >= 4 is 69.9 Å². The molecule has 49 heavy (non-hydrogen) atoms. The summed E-state index contributed by atoms with van der Waals surface area (Å²) in [7, 11) is 0. The van der Waals surface area contributed by atoms with Gasteiger partial charge in [0.15, 0.2) is 5.60 Å². The molecule has 0 amide bonds. The van der Waals surface area contributed by atoms with Crippen molar-refractivity contribution in [2.45, 2.75) is 18.6 Å². The normalized spacial score (nSPS) is 18.4. The minimum atomic E-state index is -0.593. The number of nitrogens with zero attached hydrogens (tertiary/aromatic N) is 2. The fourth-order valence-corrected chi connectivity index (χ4v) is 9.74. The lowest BCUT2D eigenvalue weighted by Gasteiger charge is -2.37. The van der Waals surface area contributed by atoms with Crippen LogP contribution in [0.1, 0.15) is 18.5 Å². The topological polar surface area (TPSA) is 19.1 Å². The third kappa shape index (κ3) is 3.61. The Morgan fingerprint density at radius 1 is 0.633 bits per heavy atom. The Labute approximate surface area is 287 Å². The van der Waals surface area contributed by atoms with Gasteiger partial charge < -0.3 is 9.30 Å². The molecule has 4 heterocycles. The standard InChI is InChI=1S/C45H30N2OS/c1-45-35(32-16-6-9-22-38(32)48-45)19-12-24-41(45)47-36-20-8-5-17-33(36)43-42-30(28-13-3-2-4-14-28)18-11-21-37(42)46(44(43)47)29-25-26-40-34(27-29)31-15-7-10-23-39(31)49-40/h2-27,41H,1H3. The fraction of sp³-hybridized carbons (Fsp3) is 0.0667. The van der Waals surface area contributed by atoms with Crippen molar-refractivity contribution in [3.05, 3.63) is 163 Å². The van der Waals surface area contributed by atoms with E-state index >= 15 is 0 Å². The summed E-state index contributed by atoms with van der Waals surface area (Å²) in [5.74, 6) is 0.944. The van der Waals surface area contributed by atoms with Crippen molar-refractivity contribution in [3.8, 4) is 22.6 Å². The van der Waals surface area contributed by atoms with E-state index in [4.69, 9.17) is 4.74 Å². The van der Waals surface area contributed by atoms with Crippen molar-refractivity contribution in [2.75, 3.05) is 0 Å². The quantitative estimate of drug-likeness (QED) is 0.187. The molecule has 0 N–H and O–H groups in total. The summed E-state index contributed by atoms with van der Waals surface area (Å²) >= 11 is 1.86. The van der Waals surface area contributed by atoms with Gasteiger partial charge in [-0.15, -0.1) is 11.3 Å². The zero-order valence-electron chi connectivity index (χ0n) is 26.8. The third-order valence-electron chi connectivity index (χ3n) is 10.8. The lowest BCUT2D eigenvalue weighted by atomic mass is 9.82. The molecule has 0 saturated heterocycles. The van der Waals surface area contributed by atoms with Gasteiger partial charge in [0.25, 0.3) is 0 Å². The Kier molecular flexibility index (Phi) is 5.46. The summed E-state index contributed by atoms with van der Waals surface area (Å²) in [5.41, 5.74) is 8.98. The number of ether oxygens (including phenoxy) is 1. The molecule has 1 aliphatic carbocycles. The highest BCUT2D eigenvalue weighted by molar-refractivity contribution is 7.25. The number of aromatic nitrogens is 2. The molecule has 0 bridgehead atoms. The van der Waals surface area contributed by atoms with Gasteiger partial charge in [-0.25, -0.2) is 0 Å². The summed E-state index contributed by atoms with van der Waals surface area (Å²) in [6, 6.07) is 50.7. The van der Waals surface area contributed by atoms with Crippen LogP contribution in [0.5, 0.6) is 5.75 Å². The highest BCUT2D eigenvalue weighted by Crippen LogP contribution is 2.54. The van der Waals surface area contributed by atoms with Crippen LogP contribution in [0.4, 0.5) is 0 Å². The van der Waals surface area contributed by atoms with Gasteiger partial charge in [-0.1, -0.05) is 115 Å². The molecule has 6 aromatic carbocycles. The maximum absolute atomic E-state index is 6.99. The first-order valence-corrected chi connectivity index (χ1v) is 17.7. The second-order valence-corrected chi connectivity index (χ2v) is 14.5. The third-order valence-corrected chi connectivity index (χ3v) is 11.9. The highest BCUT2D eigenvalue weighted by Gasteiger charge is 2.48. The Morgan fingerprint density at radius 2 is 1.37 bits per heavy atom. The number of rotatable bonds is 3. The van der Waals surface area contributed by atoms with Crippen molar-refractivity contribution in [1.82, 2.24) is 9.13 Å². The van der Waals surface area contributed by atoms with Crippen LogP contribution in [0.15, 0.2) is 158 Å². The van der Waals surface area contributed by atoms with Gasteiger partial charge in [0.2, 0.25) is 0 Å². The fourth-order valence-electron chi connectivity index (χ4n) is 8.65. The van der Waals surface area contributed by atoms with E-state index in [-0.39, 0.29) is 6.04 Å². The van der Waals surface area contributed by atoms with E-state index in [9.17, 15) is 0 Å². The summed E-state index contributed by atoms with van der Waals surface area (Å²) in [5, 5.41) is 6.38. The molecular weight excluding hydrogens is 617 g/mol. The smallest absolute Gasteiger partial charge is 0.156 e. The van der Waals surface area contributed by atoms with Crippen molar-refractivity contribution < 1.29 is 4.74 Å². The molecule has 1 aliphatic heterocycles. The monoisotopic (exact) mass is 646 g/mol. The summed E-state index contributed by atoms with van der Waals surface area (Å²) in [6.07, 6.45) is 6.79. The van der Waals surface area contributed by atoms with E-state index in [2.05, 4.69) is 174 Å². The van der Waals surface area contributed by atoms with Crippen molar-refractivity contribution in [2.24, 2.45) is 0 Å². The van der Waals surface area contributed by atoms with E-state index in [1.807, 2.05) is 11.3 Å². The van der Waals surface area contributed by atoms with Gasteiger partial charge >= 0.3 is 0 Å². The first-order chi connectivity index (χ1) is 24.2. The minimum Gasteiger partial charge on any atom is -0.480 e. The number of hydrogen-bond acceptors (Lipinski definition) is 2. The predicted octanol–water partition coefficient (Wildman–Crippen LogP) is 12.1. The second-order valence-electron chi connectivity index (χ2n) is 13.4. The molecule has 9 aromatic rings. The molecule has 11 rings (SSSR count). The minimum absolute atomic E-state index is 0.101. The SMILES string of the molecule is CC12Oc3ccccc3C1=CC=CC2n1c2ccccc2c2c3c(-c4ccccc4)cccc3n(-c3ccc4sc5ccccc5c4c3)c21. The zero-order valence-corrected chi connectivity index (χ0v) is 27.6. The van der Waals surface area contributed by atoms with E-state index in [1.165, 1.54) is 75.3 Å². The lowest BCUT2D eigenvalue weighted by Crippen LogP contribution is -2.40. The zero-order chi connectivity index (χ0) is 32.3. The molecule has 0 radical (unpaired) electrons. The largest absolute Gasteiger partial charge is 0.480 e. The van der Waals surface area contributed by atoms with Gasteiger partial charge in [-0.2, -0.15) is 0 Å². The van der Waals surface area contributed by atoms with E-state index in [1.54, 1.807) is 0 Å². The molecular formula is C45H30N2OS. The number of hydrogen-bond donors (Lipinski definition) is 0. The Balaban J connectivity index is 1.30. The second kappa shape index (κ2) is 9.85. The summed E-state index contributed by atoms with van der Waals surface area (Å²) in [4.78, 5) is 0. The van der Waals surface area contributed by atoms with Crippen LogP contribution >= 0.6 is 11.3 Å². The maximum Gasteiger partial charge on any atom is 0.156 e. The molecule has 232 valence electrons. The van der Waals surface area contributed by atoms with Crippen LogP contribution in [0, 0.1) is 0 Å². The molecule has 0 saturated carbocycles. The number of benzene rings is 6. The van der Waals surface area contributed by atoms with Gasteiger partial charge in [0, 0.05) is 53.2 Å². The molecule has 2 atom stereocenters. The molecule has 2 unspecified atom stereocenters. The van der Waals surface area contributed by atoms with Crippen LogP contribution in [0.3, 0.4) is 0 Å². The van der Waals surface area contributed by atoms with E-state index < -0.39 is 5.60 Å². The number of allylic oxidation sites excluding steroid dienone is 2. The van der Waals surface area contributed by atoms with E-state index in [0.717, 1.165) is 11.4 Å². The van der Waals surface area contributed by atoms with Gasteiger partial charge in [0.1, 0.15) is 11.4 Å². The highest BCUT2D eigenvalue weighted by atomic mass is 32.1. The molecule has 4 heteroatoms. The average Bonchev–Trinajstić information content (AvgIpc) is 3.87. The number of thiophene rings is 1. The predicted molar refractivity (Wildman–Crippen MR) is 206 cm³/mol. The van der Waals surface area contributed by atoms with Crippen molar-refractivity contribution in [3.63, 3.8) is 0 Å². The summed E-state index contributed by atoms with van der Waals surface area (Å²) < 4.78 is 14.7. The molecule has 3 nitrogen and oxygen atoms in total. The molecule has 3 aromatic heterocycles. The van der Waals surface area contributed by atoms with Gasteiger partial charge in [0.05, 0.1) is 17.1 Å². The maximum atomic E-state index is 6.99. The van der Waals surface area contributed by atoms with Crippen LogP contribution in [0.25, 0.3) is 75.4 Å². The van der Waals surface area contributed by atoms with Crippen LogP contribution in [-0.2, 0) is 0 Å². The average molecular weight is 647 g/mol. The van der Waals surface area contributed by atoms with Gasteiger partial charge in [-0.3, -0.25) is 4.57 Å². The van der Waals surface area contributed by atoms with Crippen LogP contribution in [0.2, 0.25) is 0 Å². The summed E-state index contributed by atoms with van der Waals surface area (Å²) in [6.45, 7) is 2.26. The Morgan fingerprint density at radius 3 is 2.29 bits per heavy atom. The number of para-hydroxylation sites is 2. The lowest BCUT2D eigenvalue weighted by molar-refractivity contribution is 0.125. The first kappa shape index (κ1) is 27.1. The number of fused-ring (bicyclic) bond motifs is 11. The van der Waals surface area contributed by atoms with Crippen LogP contribution in [-0.4, -0.2) is 14.7 Å². The first-order valence-electron chi connectivity index (χ1n) is 16.9. The molecule has 0 fully saturated rings. The Hall–Kier alpha value is -5.84. The molecule has 2 aliphatic rings. The van der Waals surface area contributed by atoms with Crippen LogP contribution < -0.4 is 4.74 Å². The van der Waals surface area contributed by atoms with Crippen molar-refractivity contribution in [1.29, 1.82) is 0 Å². The Bertz CT molecular complexity index is 2880.